The number of hydrogen-bond donors (Lipinski definition) is 2. The number of ether oxygens (including phenoxy) is 3. The second-order valence-electron chi connectivity index (χ2n) is 12.4. The van der Waals surface area contributed by atoms with E-state index in [1.165, 1.54) is 16.2 Å². The molecule has 0 radical (unpaired) electrons. The molecule has 0 spiro atoms. The second kappa shape index (κ2) is 15.7. The lowest BCUT2D eigenvalue weighted by Crippen LogP contribution is -2.46. The first-order valence-electron chi connectivity index (χ1n) is 13.6. The molecule has 3 atom stereocenters. The van der Waals surface area contributed by atoms with Gasteiger partial charge in [0.05, 0.1) is 31.6 Å². The van der Waals surface area contributed by atoms with Crippen LogP contribution in [0, 0.1) is 5.92 Å². The summed E-state index contributed by atoms with van der Waals surface area (Å²) in [6.07, 6.45) is -1.52. The zero-order valence-electron chi connectivity index (χ0n) is 25.7. The standard InChI is InChI=1S/C27H43BrN4O7S2Si/c1-16(2)20(25(35)37-10-11-42(7,8)9)32(6)24(34)23-29-17(14-40-23)13-38-21(22-31-19(28)15-41-22)18(12-33)30-26(36)39-27(3,4)5/h14-16,18,20-21,33H,10-13H2,1-9H3,(H,30,36)/t18-,20+,21+/m1/s1. The Morgan fingerprint density at radius 3 is 2.33 bits per heavy atom. The number of aromatic nitrogens is 2. The van der Waals surface area contributed by atoms with Gasteiger partial charge in [-0.2, -0.15) is 0 Å². The molecule has 236 valence electrons. The van der Waals surface area contributed by atoms with Crippen LogP contribution in [0.3, 0.4) is 0 Å². The molecule has 0 saturated heterocycles. The first-order chi connectivity index (χ1) is 19.4. The van der Waals surface area contributed by atoms with Crippen molar-refractivity contribution >= 4 is 64.6 Å². The minimum absolute atomic E-state index is 0.0196. The Morgan fingerprint density at radius 2 is 1.81 bits per heavy atom. The maximum absolute atomic E-state index is 13.3. The summed E-state index contributed by atoms with van der Waals surface area (Å²) in [5.41, 5.74) is -0.245. The number of nitrogens with one attached hydrogen (secondary N) is 1. The van der Waals surface area contributed by atoms with Gasteiger partial charge in [0.1, 0.15) is 27.4 Å². The monoisotopic (exact) mass is 706 g/mol. The van der Waals surface area contributed by atoms with Crippen molar-refractivity contribution in [2.24, 2.45) is 5.92 Å². The smallest absolute Gasteiger partial charge is 0.408 e. The summed E-state index contributed by atoms with van der Waals surface area (Å²) in [6.45, 7) is 15.5. The second-order valence-corrected chi connectivity index (χ2v) is 20.6. The van der Waals surface area contributed by atoms with Crippen LogP contribution < -0.4 is 5.32 Å². The normalized spacial score (nSPS) is 14.3. The summed E-state index contributed by atoms with van der Waals surface area (Å²) in [7, 11) is 0.205. The van der Waals surface area contributed by atoms with E-state index in [4.69, 9.17) is 14.2 Å². The van der Waals surface area contributed by atoms with Crippen molar-refractivity contribution in [1.82, 2.24) is 20.2 Å². The van der Waals surface area contributed by atoms with E-state index in [2.05, 4.69) is 50.9 Å². The van der Waals surface area contributed by atoms with Crippen molar-refractivity contribution in [3.63, 3.8) is 0 Å². The van der Waals surface area contributed by atoms with E-state index in [-0.39, 0.29) is 17.5 Å². The number of halogens is 1. The number of amides is 2. The molecule has 0 unspecified atom stereocenters. The zero-order valence-corrected chi connectivity index (χ0v) is 29.9. The number of aliphatic hydroxyl groups excluding tert-OH is 1. The van der Waals surface area contributed by atoms with Gasteiger partial charge in [-0.1, -0.05) is 33.5 Å². The maximum Gasteiger partial charge on any atom is 0.408 e. The molecule has 0 saturated carbocycles. The van der Waals surface area contributed by atoms with E-state index >= 15 is 0 Å². The number of esters is 1. The summed E-state index contributed by atoms with van der Waals surface area (Å²) in [6, 6.07) is -0.761. The molecule has 15 heteroatoms. The van der Waals surface area contributed by atoms with Crippen molar-refractivity contribution in [3.8, 4) is 0 Å². The van der Waals surface area contributed by atoms with Crippen LogP contribution in [0.5, 0.6) is 0 Å². The lowest BCUT2D eigenvalue weighted by molar-refractivity contribution is -0.149. The predicted molar refractivity (Wildman–Crippen MR) is 170 cm³/mol. The Hall–Kier alpha value is -1.91. The molecule has 2 aromatic rings. The minimum atomic E-state index is -1.37. The van der Waals surface area contributed by atoms with Crippen LogP contribution in [-0.4, -0.2) is 84.0 Å². The molecule has 42 heavy (non-hydrogen) atoms. The SMILES string of the molecule is CC(C)[C@@H](C(=O)OCC[Si](C)(C)C)N(C)C(=O)c1nc(CO[C@H](c2nc(Br)cs2)[C@@H](CO)NC(=O)OC(C)(C)C)cs1. The fraction of sp³-hybridized carbons (Fsp3) is 0.667. The highest BCUT2D eigenvalue weighted by Gasteiger charge is 2.34. The van der Waals surface area contributed by atoms with Gasteiger partial charge in [-0.05, 0) is 48.7 Å². The summed E-state index contributed by atoms with van der Waals surface area (Å²) >= 11 is 5.77. The summed E-state index contributed by atoms with van der Waals surface area (Å²) in [5.74, 6) is -0.983. The van der Waals surface area contributed by atoms with Crippen molar-refractivity contribution in [2.75, 3.05) is 20.3 Å². The minimum Gasteiger partial charge on any atom is -0.464 e. The highest BCUT2D eigenvalue weighted by Crippen LogP contribution is 2.29. The van der Waals surface area contributed by atoms with Gasteiger partial charge in [-0.15, -0.1) is 22.7 Å². The van der Waals surface area contributed by atoms with E-state index < -0.39 is 56.4 Å². The quantitative estimate of drug-likeness (QED) is 0.193. The third-order valence-corrected chi connectivity index (χ3v) is 10.1. The average Bonchev–Trinajstić information content (AvgIpc) is 3.50. The number of hydrogen-bond acceptors (Lipinski definition) is 11. The van der Waals surface area contributed by atoms with E-state index in [0.717, 1.165) is 17.4 Å². The molecule has 2 N–H and O–H groups in total. The fourth-order valence-corrected chi connectivity index (χ4v) is 6.65. The highest BCUT2D eigenvalue weighted by molar-refractivity contribution is 9.10. The molecule has 0 aliphatic carbocycles. The lowest BCUT2D eigenvalue weighted by atomic mass is 10.0. The Morgan fingerprint density at radius 1 is 1.14 bits per heavy atom. The highest BCUT2D eigenvalue weighted by atomic mass is 79.9. The number of likely N-dealkylation sites (N-methyl/N-ethyl adjacent to an activating group) is 1. The Labute approximate surface area is 265 Å². The van der Waals surface area contributed by atoms with E-state index in [0.29, 0.717) is 21.9 Å². The van der Waals surface area contributed by atoms with Gasteiger partial charge in [0.15, 0.2) is 5.01 Å². The average molecular weight is 708 g/mol. The largest absolute Gasteiger partial charge is 0.464 e. The van der Waals surface area contributed by atoms with E-state index in [1.54, 1.807) is 38.6 Å². The topological polar surface area (TPSA) is 140 Å². The summed E-state index contributed by atoms with van der Waals surface area (Å²) in [5, 5.41) is 16.9. The third kappa shape index (κ3) is 11.6. The van der Waals surface area contributed by atoms with Crippen LogP contribution >= 0.6 is 38.6 Å². The molecule has 2 amide bonds. The first-order valence-corrected chi connectivity index (χ1v) is 19.9. The molecule has 11 nitrogen and oxygen atoms in total. The molecule has 0 aliphatic rings. The van der Waals surface area contributed by atoms with Crippen LogP contribution in [0.25, 0.3) is 0 Å². The molecule has 0 aromatic carbocycles. The fourth-order valence-electron chi connectivity index (χ4n) is 3.78. The molecular weight excluding hydrogens is 664 g/mol. The summed E-state index contributed by atoms with van der Waals surface area (Å²) in [4.78, 5) is 48.9. The van der Waals surface area contributed by atoms with Crippen LogP contribution in [0.2, 0.25) is 25.7 Å². The van der Waals surface area contributed by atoms with Crippen LogP contribution in [-0.2, 0) is 25.6 Å². The van der Waals surface area contributed by atoms with Crippen LogP contribution in [0.15, 0.2) is 15.4 Å². The van der Waals surface area contributed by atoms with Gasteiger partial charge in [-0.25, -0.2) is 19.6 Å². The van der Waals surface area contributed by atoms with Crippen molar-refractivity contribution in [3.05, 3.63) is 31.1 Å². The molecule has 2 aromatic heterocycles. The van der Waals surface area contributed by atoms with Gasteiger partial charge < -0.3 is 29.5 Å². The van der Waals surface area contributed by atoms with E-state index in [9.17, 15) is 19.5 Å². The van der Waals surface area contributed by atoms with Gasteiger partial charge in [0.25, 0.3) is 5.91 Å². The number of nitrogens with zero attached hydrogens (tertiary/aromatic N) is 3. The van der Waals surface area contributed by atoms with E-state index in [1.807, 2.05) is 13.8 Å². The van der Waals surface area contributed by atoms with Gasteiger partial charge in [0, 0.05) is 25.9 Å². The number of alkyl carbamates (subject to hydrolysis) is 1. The summed E-state index contributed by atoms with van der Waals surface area (Å²) < 4.78 is 17.6. The van der Waals surface area contributed by atoms with Crippen LogP contribution in [0.1, 0.15) is 61.2 Å². The van der Waals surface area contributed by atoms with Crippen LogP contribution in [0.4, 0.5) is 4.79 Å². The van der Waals surface area contributed by atoms with Gasteiger partial charge >= 0.3 is 12.1 Å². The van der Waals surface area contributed by atoms with Crippen molar-refractivity contribution < 1.29 is 33.7 Å². The number of carbonyl (C=O) groups excluding carboxylic acids is 3. The number of rotatable bonds is 14. The number of thiazole rings is 2. The molecule has 2 heterocycles. The third-order valence-electron chi connectivity index (χ3n) is 5.85. The molecule has 0 fully saturated rings. The number of aliphatic hydroxyl groups is 1. The predicted octanol–water partition coefficient (Wildman–Crippen LogP) is 5.48. The van der Waals surface area contributed by atoms with Crippen molar-refractivity contribution in [2.45, 2.75) is 90.7 Å². The molecule has 0 aliphatic heterocycles. The Kier molecular flexibility index (Phi) is 13.6. The number of carbonyl (C=O) groups is 3. The first kappa shape index (κ1) is 36.3. The Bertz CT molecular complexity index is 1200. The zero-order chi connectivity index (χ0) is 31.8. The van der Waals surface area contributed by atoms with Gasteiger partial charge in [-0.3, -0.25) is 4.79 Å². The maximum atomic E-state index is 13.3. The Balaban J connectivity index is 2.14. The molecule has 2 rings (SSSR count). The van der Waals surface area contributed by atoms with Crippen molar-refractivity contribution in [1.29, 1.82) is 0 Å². The molecule has 0 bridgehead atoms. The lowest BCUT2D eigenvalue weighted by Gasteiger charge is -2.29. The molecular formula is C27H43BrN4O7S2Si. The van der Waals surface area contributed by atoms with Gasteiger partial charge in [0.2, 0.25) is 0 Å².